The molecule has 72 valence electrons. The Bertz CT molecular complexity index is 258. The van der Waals surface area contributed by atoms with Crippen molar-refractivity contribution in [1.82, 2.24) is 0 Å². The summed E-state index contributed by atoms with van der Waals surface area (Å²) in [6.45, 7) is 1.98. The van der Waals surface area contributed by atoms with Crippen LogP contribution in [0.4, 0.5) is 0 Å². The topological polar surface area (TPSA) is 49.7 Å². The van der Waals surface area contributed by atoms with Crippen LogP contribution in [-0.4, -0.2) is 23.4 Å². The van der Waals surface area contributed by atoms with E-state index < -0.39 is 6.10 Å². The molecule has 1 aromatic carbocycles. The number of benzene rings is 1. The molecule has 0 fully saturated rings. The van der Waals surface area contributed by atoms with E-state index in [0.29, 0.717) is 5.75 Å². The molecule has 0 aliphatic heterocycles. The summed E-state index contributed by atoms with van der Waals surface area (Å²) in [6, 6.07) is 7.20. The summed E-state index contributed by atoms with van der Waals surface area (Å²) in [5, 5.41) is 17.8. The van der Waals surface area contributed by atoms with Gasteiger partial charge in [0.1, 0.15) is 12.4 Å². The Hall–Kier alpha value is -1.06. The van der Waals surface area contributed by atoms with Crippen molar-refractivity contribution in [3.8, 4) is 5.75 Å². The van der Waals surface area contributed by atoms with Crippen molar-refractivity contribution in [2.24, 2.45) is 0 Å². The summed E-state index contributed by atoms with van der Waals surface area (Å²) >= 11 is 0. The Morgan fingerprint density at radius 2 is 2.23 bits per heavy atom. The molecular weight excluding hydrogens is 168 g/mol. The third kappa shape index (κ3) is 3.05. The van der Waals surface area contributed by atoms with Crippen molar-refractivity contribution in [2.75, 3.05) is 13.2 Å². The first-order valence-corrected chi connectivity index (χ1v) is 4.25. The highest BCUT2D eigenvalue weighted by Crippen LogP contribution is 2.18. The molecule has 0 radical (unpaired) electrons. The predicted molar refractivity (Wildman–Crippen MR) is 49.7 cm³/mol. The first kappa shape index (κ1) is 10.0. The maximum absolute atomic E-state index is 9.27. The monoisotopic (exact) mass is 182 g/mol. The molecule has 2 N–H and O–H groups in total. The standard InChI is InChI=1S/C10H14O3/c1-8(12)9-3-2-4-10(7-9)13-6-5-11/h2-4,7-8,11-12H,5-6H2,1H3/t8-/m1/s1. The zero-order valence-corrected chi connectivity index (χ0v) is 7.60. The Kier molecular flexibility index (Phi) is 3.73. The van der Waals surface area contributed by atoms with Gasteiger partial charge in [0, 0.05) is 0 Å². The lowest BCUT2D eigenvalue weighted by atomic mass is 10.1. The molecule has 0 aromatic heterocycles. The van der Waals surface area contributed by atoms with E-state index in [4.69, 9.17) is 9.84 Å². The largest absolute Gasteiger partial charge is 0.491 e. The third-order valence-electron chi connectivity index (χ3n) is 1.70. The molecular formula is C10H14O3. The molecule has 0 aliphatic carbocycles. The number of rotatable bonds is 4. The lowest BCUT2D eigenvalue weighted by Gasteiger charge is -2.08. The van der Waals surface area contributed by atoms with Gasteiger partial charge in [-0.15, -0.1) is 0 Å². The normalized spacial score (nSPS) is 12.5. The van der Waals surface area contributed by atoms with Crippen molar-refractivity contribution in [3.05, 3.63) is 29.8 Å². The number of hydrogen-bond donors (Lipinski definition) is 2. The summed E-state index contributed by atoms with van der Waals surface area (Å²) in [6.07, 6.45) is -0.488. The van der Waals surface area contributed by atoms with E-state index in [1.54, 1.807) is 19.1 Å². The Morgan fingerprint density at radius 3 is 2.85 bits per heavy atom. The zero-order valence-electron chi connectivity index (χ0n) is 7.60. The van der Waals surface area contributed by atoms with Crippen LogP contribution in [0.3, 0.4) is 0 Å². The minimum absolute atomic E-state index is 0.00109. The van der Waals surface area contributed by atoms with Crippen LogP contribution in [0.15, 0.2) is 24.3 Å². The Balaban J connectivity index is 2.68. The van der Waals surface area contributed by atoms with Crippen LogP contribution in [0, 0.1) is 0 Å². The van der Waals surface area contributed by atoms with Crippen molar-refractivity contribution >= 4 is 0 Å². The molecule has 1 aromatic rings. The van der Waals surface area contributed by atoms with E-state index in [0.717, 1.165) is 5.56 Å². The second kappa shape index (κ2) is 4.84. The van der Waals surface area contributed by atoms with Crippen molar-refractivity contribution in [1.29, 1.82) is 0 Å². The van der Waals surface area contributed by atoms with Crippen molar-refractivity contribution in [2.45, 2.75) is 13.0 Å². The predicted octanol–water partition coefficient (Wildman–Crippen LogP) is 1.11. The van der Waals surface area contributed by atoms with Gasteiger partial charge in [0.2, 0.25) is 0 Å². The van der Waals surface area contributed by atoms with Crippen LogP contribution in [0.1, 0.15) is 18.6 Å². The van der Waals surface area contributed by atoms with E-state index in [9.17, 15) is 5.11 Å². The van der Waals surface area contributed by atoms with Crippen LogP contribution in [0.5, 0.6) is 5.75 Å². The molecule has 3 heteroatoms. The second-order valence-corrected chi connectivity index (χ2v) is 2.82. The minimum atomic E-state index is -0.488. The maximum Gasteiger partial charge on any atom is 0.119 e. The first-order valence-electron chi connectivity index (χ1n) is 4.25. The minimum Gasteiger partial charge on any atom is -0.491 e. The number of ether oxygens (including phenoxy) is 1. The lowest BCUT2D eigenvalue weighted by molar-refractivity contribution is 0.193. The van der Waals surface area contributed by atoms with E-state index in [1.165, 1.54) is 0 Å². The van der Waals surface area contributed by atoms with Crippen LogP contribution < -0.4 is 4.74 Å². The van der Waals surface area contributed by atoms with Gasteiger partial charge in [0.15, 0.2) is 0 Å². The first-order chi connectivity index (χ1) is 6.24. The van der Waals surface area contributed by atoms with Crippen LogP contribution in [0.25, 0.3) is 0 Å². The highest BCUT2D eigenvalue weighted by Gasteiger charge is 2.01. The zero-order chi connectivity index (χ0) is 9.68. The van der Waals surface area contributed by atoms with Crippen LogP contribution in [0.2, 0.25) is 0 Å². The lowest BCUT2D eigenvalue weighted by Crippen LogP contribution is -2.02. The van der Waals surface area contributed by atoms with Gasteiger partial charge in [-0.25, -0.2) is 0 Å². The number of aliphatic hydroxyl groups excluding tert-OH is 2. The molecule has 0 heterocycles. The van der Waals surface area contributed by atoms with Gasteiger partial charge in [0.25, 0.3) is 0 Å². The number of aliphatic hydroxyl groups is 2. The van der Waals surface area contributed by atoms with Crippen LogP contribution >= 0.6 is 0 Å². The highest BCUT2D eigenvalue weighted by atomic mass is 16.5. The summed E-state index contributed by atoms with van der Waals surface area (Å²) in [7, 11) is 0. The van der Waals surface area contributed by atoms with Gasteiger partial charge >= 0.3 is 0 Å². The van der Waals surface area contributed by atoms with Crippen LogP contribution in [-0.2, 0) is 0 Å². The molecule has 0 bridgehead atoms. The summed E-state index contributed by atoms with van der Waals surface area (Å²) < 4.78 is 5.18. The smallest absolute Gasteiger partial charge is 0.119 e. The van der Waals surface area contributed by atoms with Gasteiger partial charge in [-0.1, -0.05) is 12.1 Å². The highest BCUT2D eigenvalue weighted by molar-refractivity contribution is 5.29. The molecule has 0 saturated carbocycles. The van der Waals surface area contributed by atoms with Gasteiger partial charge in [-0.3, -0.25) is 0 Å². The average Bonchev–Trinajstić information content (AvgIpc) is 2.15. The van der Waals surface area contributed by atoms with E-state index in [-0.39, 0.29) is 13.2 Å². The van der Waals surface area contributed by atoms with Gasteiger partial charge in [-0.2, -0.15) is 0 Å². The fourth-order valence-electron chi connectivity index (χ4n) is 1.03. The van der Waals surface area contributed by atoms with E-state index in [2.05, 4.69) is 0 Å². The SMILES string of the molecule is C[C@@H](O)c1cccc(OCCO)c1. The fourth-order valence-corrected chi connectivity index (χ4v) is 1.03. The average molecular weight is 182 g/mol. The summed E-state index contributed by atoms with van der Waals surface area (Å²) in [5.41, 5.74) is 0.815. The molecule has 1 atom stereocenters. The van der Waals surface area contributed by atoms with E-state index >= 15 is 0 Å². The molecule has 1 rings (SSSR count). The molecule has 0 spiro atoms. The molecule has 0 aliphatic rings. The molecule has 0 unspecified atom stereocenters. The second-order valence-electron chi connectivity index (χ2n) is 2.82. The molecule has 0 amide bonds. The maximum atomic E-state index is 9.27. The Labute approximate surface area is 77.6 Å². The molecule has 0 saturated heterocycles. The van der Waals surface area contributed by atoms with E-state index in [1.807, 2.05) is 12.1 Å². The third-order valence-corrected chi connectivity index (χ3v) is 1.70. The summed E-state index contributed by atoms with van der Waals surface area (Å²) in [4.78, 5) is 0. The summed E-state index contributed by atoms with van der Waals surface area (Å²) in [5.74, 6) is 0.674. The van der Waals surface area contributed by atoms with Crippen molar-refractivity contribution in [3.63, 3.8) is 0 Å². The quantitative estimate of drug-likeness (QED) is 0.733. The van der Waals surface area contributed by atoms with Gasteiger partial charge in [0.05, 0.1) is 12.7 Å². The van der Waals surface area contributed by atoms with Gasteiger partial charge in [-0.05, 0) is 24.6 Å². The number of hydrogen-bond acceptors (Lipinski definition) is 3. The van der Waals surface area contributed by atoms with Gasteiger partial charge < -0.3 is 14.9 Å². The Morgan fingerprint density at radius 1 is 1.46 bits per heavy atom. The van der Waals surface area contributed by atoms with Crippen molar-refractivity contribution < 1.29 is 14.9 Å². The fraction of sp³-hybridized carbons (Fsp3) is 0.400. The molecule has 13 heavy (non-hydrogen) atoms. The molecule has 3 nitrogen and oxygen atoms in total.